The third-order valence-corrected chi connectivity index (χ3v) is 5.68. The molecule has 0 unspecified atom stereocenters. The van der Waals surface area contributed by atoms with Crippen molar-refractivity contribution in [3.05, 3.63) is 66.1 Å². The van der Waals surface area contributed by atoms with E-state index in [1.807, 2.05) is 42.5 Å². The van der Waals surface area contributed by atoms with E-state index in [4.69, 9.17) is 16.3 Å². The van der Waals surface area contributed by atoms with Gasteiger partial charge < -0.3 is 15.0 Å². The highest BCUT2D eigenvalue weighted by atomic mass is 35.5. The van der Waals surface area contributed by atoms with Crippen molar-refractivity contribution in [3.63, 3.8) is 0 Å². The van der Waals surface area contributed by atoms with E-state index in [1.165, 1.54) is 6.42 Å². The fourth-order valence-corrected chi connectivity index (χ4v) is 4.17. The van der Waals surface area contributed by atoms with Gasteiger partial charge in [0.25, 0.3) is 0 Å². The maximum absolute atomic E-state index is 6.57. The molecule has 1 aromatic carbocycles. The monoisotopic (exact) mass is 404 g/mol. The summed E-state index contributed by atoms with van der Waals surface area (Å²) in [5, 5.41) is 4.16. The lowest BCUT2D eigenvalue weighted by atomic mass is 10.0. The molecule has 4 heterocycles. The van der Waals surface area contributed by atoms with Crippen LogP contribution in [0, 0.1) is 0 Å². The number of hydrogen-bond acceptors (Lipinski definition) is 4. The van der Waals surface area contributed by atoms with Crippen LogP contribution in [-0.2, 0) is 0 Å². The molecular weight excluding hydrogens is 384 g/mol. The third kappa shape index (κ3) is 3.48. The van der Waals surface area contributed by atoms with E-state index in [1.54, 1.807) is 18.6 Å². The summed E-state index contributed by atoms with van der Waals surface area (Å²) in [7, 11) is 0. The average Bonchev–Trinajstić information content (AvgIpc) is 3.41. The zero-order valence-electron chi connectivity index (χ0n) is 15.9. The Balaban J connectivity index is 1.64. The van der Waals surface area contributed by atoms with Gasteiger partial charge in [-0.25, -0.2) is 0 Å². The minimum atomic E-state index is 0.385. The Morgan fingerprint density at radius 1 is 1.07 bits per heavy atom. The molecule has 5 nitrogen and oxygen atoms in total. The highest BCUT2D eigenvalue weighted by Gasteiger charge is 2.21. The minimum Gasteiger partial charge on any atom is -0.490 e. The van der Waals surface area contributed by atoms with E-state index in [2.05, 4.69) is 20.3 Å². The van der Waals surface area contributed by atoms with Gasteiger partial charge in [-0.15, -0.1) is 0 Å². The minimum absolute atomic E-state index is 0.385. The number of hydrogen-bond donors (Lipinski definition) is 2. The molecule has 0 spiro atoms. The highest BCUT2D eigenvalue weighted by molar-refractivity contribution is 6.34. The Morgan fingerprint density at radius 2 is 2.00 bits per heavy atom. The van der Waals surface area contributed by atoms with Crippen molar-refractivity contribution in [1.29, 1.82) is 0 Å². The molecule has 2 N–H and O–H groups in total. The lowest BCUT2D eigenvalue weighted by Gasteiger charge is -2.15. The second-order valence-corrected chi connectivity index (χ2v) is 7.64. The van der Waals surface area contributed by atoms with Crippen molar-refractivity contribution >= 4 is 22.6 Å². The maximum atomic E-state index is 6.57. The van der Waals surface area contributed by atoms with Gasteiger partial charge in [0.1, 0.15) is 12.4 Å². The van der Waals surface area contributed by atoms with Gasteiger partial charge in [-0.1, -0.05) is 29.8 Å². The standard InChI is InChI=1S/C23H21ClN4O/c24-18-7-2-1-6-16(18)21-22(28-19-8-4-11-27-23(19)21)17-9-12-25-13-20(17)29-14-15-5-3-10-26-15/h1-2,4,6-9,11-13,15,26,28H,3,5,10,14H2/t15-/m0/s1. The molecule has 29 heavy (non-hydrogen) atoms. The molecule has 0 aliphatic carbocycles. The van der Waals surface area contributed by atoms with E-state index >= 15 is 0 Å². The van der Waals surface area contributed by atoms with Crippen molar-refractivity contribution in [3.8, 4) is 28.1 Å². The first kappa shape index (κ1) is 18.2. The first-order chi connectivity index (χ1) is 14.3. The van der Waals surface area contributed by atoms with Gasteiger partial charge in [-0.05, 0) is 43.7 Å². The number of nitrogens with zero attached hydrogens (tertiary/aromatic N) is 2. The van der Waals surface area contributed by atoms with Gasteiger partial charge >= 0.3 is 0 Å². The molecule has 1 aliphatic rings. The van der Waals surface area contributed by atoms with Gasteiger partial charge in [0.2, 0.25) is 0 Å². The fourth-order valence-electron chi connectivity index (χ4n) is 3.94. The van der Waals surface area contributed by atoms with Crippen LogP contribution in [0.25, 0.3) is 33.4 Å². The average molecular weight is 405 g/mol. The maximum Gasteiger partial charge on any atom is 0.146 e. The predicted molar refractivity (Wildman–Crippen MR) is 116 cm³/mol. The topological polar surface area (TPSA) is 62.8 Å². The summed E-state index contributed by atoms with van der Waals surface area (Å²) in [5.41, 5.74) is 5.64. The summed E-state index contributed by atoms with van der Waals surface area (Å²) < 4.78 is 6.19. The van der Waals surface area contributed by atoms with Crippen LogP contribution in [0.1, 0.15) is 12.8 Å². The zero-order valence-corrected chi connectivity index (χ0v) is 16.6. The van der Waals surface area contributed by atoms with Crippen molar-refractivity contribution in [2.24, 2.45) is 0 Å². The van der Waals surface area contributed by atoms with Crippen molar-refractivity contribution in [2.75, 3.05) is 13.2 Å². The molecule has 3 aromatic heterocycles. The van der Waals surface area contributed by atoms with Crippen molar-refractivity contribution in [1.82, 2.24) is 20.3 Å². The molecule has 146 valence electrons. The Bertz CT molecular complexity index is 1150. The molecule has 4 aromatic rings. The molecule has 1 fully saturated rings. The zero-order chi connectivity index (χ0) is 19.6. The van der Waals surface area contributed by atoms with E-state index in [9.17, 15) is 0 Å². The third-order valence-electron chi connectivity index (χ3n) is 5.35. The van der Waals surface area contributed by atoms with Crippen LogP contribution in [0.15, 0.2) is 61.1 Å². The molecule has 0 saturated carbocycles. The Labute approximate surface area is 174 Å². The number of H-pyrrole nitrogens is 1. The quantitative estimate of drug-likeness (QED) is 0.487. The van der Waals surface area contributed by atoms with Crippen LogP contribution in [0.5, 0.6) is 5.75 Å². The number of halogens is 1. The first-order valence-electron chi connectivity index (χ1n) is 9.83. The summed E-state index contributed by atoms with van der Waals surface area (Å²) >= 11 is 6.57. The summed E-state index contributed by atoms with van der Waals surface area (Å²) in [5.74, 6) is 0.751. The SMILES string of the molecule is Clc1ccccc1-c1c(-c2ccncc2OC[C@@H]2CCCN2)[nH]c2cccnc12. The number of fused-ring (bicyclic) bond motifs is 1. The lowest BCUT2D eigenvalue weighted by molar-refractivity contribution is 0.277. The van der Waals surface area contributed by atoms with Gasteiger partial charge in [0, 0.05) is 40.1 Å². The normalized spacial score (nSPS) is 16.4. The predicted octanol–water partition coefficient (Wildman–Crippen LogP) is 5.08. The fraction of sp³-hybridized carbons (Fsp3) is 0.217. The highest BCUT2D eigenvalue weighted by Crippen LogP contribution is 2.42. The lowest BCUT2D eigenvalue weighted by Crippen LogP contribution is -2.28. The van der Waals surface area contributed by atoms with Crippen LogP contribution in [0.2, 0.25) is 5.02 Å². The van der Waals surface area contributed by atoms with E-state index in [0.29, 0.717) is 17.7 Å². The summed E-state index contributed by atoms with van der Waals surface area (Å²) in [6.45, 7) is 1.68. The van der Waals surface area contributed by atoms with E-state index < -0.39 is 0 Å². The Kier molecular flexibility index (Phi) is 4.92. The summed E-state index contributed by atoms with van der Waals surface area (Å²) in [6, 6.07) is 14.2. The molecule has 0 bridgehead atoms. The first-order valence-corrected chi connectivity index (χ1v) is 10.2. The number of aromatic amines is 1. The molecule has 1 atom stereocenters. The second kappa shape index (κ2) is 7.85. The summed E-state index contributed by atoms with van der Waals surface area (Å²) in [4.78, 5) is 12.4. The molecular formula is C23H21ClN4O. The van der Waals surface area contributed by atoms with Gasteiger partial charge in [-0.3, -0.25) is 9.97 Å². The molecule has 0 radical (unpaired) electrons. The van der Waals surface area contributed by atoms with E-state index in [-0.39, 0.29) is 0 Å². The van der Waals surface area contributed by atoms with Crippen molar-refractivity contribution < 1.29 is 4.74 Å². The Morgan fingerprint density at radius 3 is 2.86 bits per heavy atom. The molecule has 1 aliphatic heterocycles. The van der Waals surface area contributed by atoms with Crippen LogP contribution in [0.3, 0.4) is 0 Å². The number of benzene rings is 1. The van der Waals surface area contributed by atoms with Crippen LogP contribution < -0.4 is 10.1 Å². The van der Waals surface area contributed by atoms with Gasteiger partial charge in [-0.2, -0.15) is 0 Å². The van der Waals surface area contributed by atoms with Crippen LogP contribution >= 0.6 is 11.6 Å². The van der Waals surface area contributed by atoms with Crippen LogP contribution in [-0.4, -0.2) is 34.1 Å². The number of rotatable bonds is 5. The number of pyridine rings is 2. The number of aromatic nitrogens is 3. The molecule has 6 heteroatoms. The van der Waals surface area contributed by atoms with Gasteiger partial charge in [0.15, 0.2) is 0 Å². The van der Waals surface area contributed by atoms with Crippen LogP contribution in [0.4, 0.5) is 0 Å². The largest absolute Gasteiger partial charge is 0.490 e. The van der Waals surface area contributed by atoms with E-state index in [0.717, 1.165) is 52.1 Å². The summed E-state index contributed by atoms with van der Waals surface area (Å²) in [6.07, 6.45) is 7.69. The number of ether oxygens (including phenoxy) is 1. The second-order valence-electron chi connectivity index (χ2n) is 7.23. The molecule has 5 rings (SSSR count). The molecule has 0 amide bonds. The van der Waals surface area contributed by atoms with Crippen molar-refractivity contribution in [2.45, 2.75) is 18.9 Å². The Hall–Kier alpha value is -2.89. The smallest absolute Gasteiger partial charge is 0.146 e. The van der Waals surface area contributed by atoms with Gasteiger partial charge in [0.05, 0.1) is 22.9 Å². The number of nitrogens with one attached hydrogen (secondary N) is 2. The molecule has 1 saturated heterocycles.